The third-order valence-electron chi connectivity index (χ3n) is 3.36. The number of amides is 1. The summed E-state index contributed by atoms with van der Waals surface area (Å²) in [5.41, 5.74) is 1.57. The number of terminal acetylenes is 1. The van der Waals surface area contributed by atoms with Crippen molar-refractivity contribution in [2.24, 2.45) is 0 Å². The molecule has 0 saturated carbocycles. The predicted molar refractivity (Wildman–Crippen MR) is 75.5 cm³/mol. The molecule has 1 amide bonds. The van der Waals surface area contributed by atoms with Gasteiger partial charge in [0, 0.05) is 12.2 Å². The summed E-state index contributed by atoms with van der Waals surface area (Å²) in [4.78, 5) is 24.9. The molecule has 0 spiro atoms. The second-order valence-electron chi connectivity index (χ2n) is 4.64. The fourth-order valence-electron chi connectivity index (χ4n) is 2.43. The molecule has 1 aromatic rings. The van der Waals surface area contributed by atoms with Crippen LogP contribution in [0.25, 0.3) is 0 Å². The quantitative estimate of drug-likeness (QED) is 0.796. The highest BCUT2D eigenvalue weighted by molar-refractivity contribution is 5.84. The van der Waals surface area contributed by atoms with Crippen molar-refractivity contribution in [3.05, 3.63) is 29.8 Å². The third kappa shape index (κ3) is 2.91. The summed E-state index contributed by atoms with van der Waals surface area (Å²) in [5, 5.41) is 11.9. The van der Waals surface area contributed by atoms with Crippen LogP contribution >= 0.6 is 0 Å². The highest BCUT2D eigenvalue weighted by Crippen LogP contribution is 2.34. The van der Waals surface area contributed by atoms with Gasteiger partial charge in [-0.05, 0) is 18.1 Å². The van der Waals surface area contributed by atoms with E-state index in [1.807, 2.05) is 23.1 Å². The number of para-hydroxylation sites is 1. The van der Waals surface area contributed by atoms with Crippen molar-refractivity contribution in [3.8, 4) is 12.3 Å². The molecular formula is C15H16N2O3. The van der Waals surface area contributed by atoms with Crippen LogP contribution in [0, 0.1) is 12.3 Å². The van der Waals surface area contributed by atoms with Gasteiger partial charge in [-0.2, -0.15) is 0 Å². The van der Waals surface area contributed by atoms with Crippen LogP contribution in [0.15, 0.2) is 24.3 Å². The van der Waals surface area contributed by atoms with Gasteiger partial charge in [0.15, 0.2) is 0 Å². The molecule has 0 radical (unpaired) electrons. The number of hydrogen-bond donors (Lipinski definition) is 2. The molecule has 2 rings (SSSR count). The lowest BCUT2D eigenvalue weighted by Gasteiger charge is -2.33. The molecule has 1 aliphatic rings. The summed E-state index contributed by atoms with van der Waals surface area (Å²) in [6.45, 7) is 0.925. The van der Waals surface area contributed by atoms with Crippen LogP contribution in [0.2, 0.25) is 0 Å². The molecule has 20 heavy (non-hydrogen) atoms. The Morgan fingerprint density at radius 3 is 2.90 bits per heavy atom. The van der Waals surface area contributed by atoms with Gasteiger partial charge in [-0.15, -0.1) is 6.42 Å². The molecule has 5 nitrogen and oxygen atoms in total. The molecule has 0 saturated heterocycles. The fraction of sp³-hybridized carbons (Fsp3) is 0.333. The highest BCUT2D eigenvalue weighted by atomic mass is 16.4. The van der Waals surface area contributed by atoms with Crippen LogP contribution in [-0.4, -0.2) is 36.6 Å². The summed E-state index contributed by atoms with van der Waals surface area (Å²) in [5.74, 6) is 0.860. The standard InChI is InChI=1S/C15H16N2O3/c1-2-8-16-14(18)10-17-9-7-12(15(19)20)11-5-3-4-6-13(11)17/h1,3-6,12H,7-10H2,(H,16,18)(H,19,20). The van der Waals surface area contributed by atoms with E-state index < -0.39 is 11.9 Å². The summed E-state index contributed by atoms with van der Waals surface area (Å²) in [6, 6.07) is 7.31. The van der Waals surface area contributed by atoms with E-state index in [1.54, 1.807) is 6.07 Å². The maximum Gasteiger partial charge on any atom is 0.311 e. The average Bonchev–Trinajstić information content (AvgIpc) is 2.45. The van der Waals surface area contributed by atoms with Gasteiger partial charge in [-0.25, -0.2) is 0 Å². The SMILES string of the molecule is C#CCNC(=O)CN1CCC(C(=O)O)c2ccccc21. The largest absolute Gasteiger partial charge is 0.481 e. The summed E-state index contributed by atoms with van der Waals surface area (Å²) in [7, 11) is 0. The molecule has 1 unspecified atom stereocenters. The lowest BCUT2D eigenvalue weighted by Crippen LogP contribution is -2.41. The van der Waals surface area contributed by atoms with E-state index >= 15 is 0 Å². The highest BCUT2D eigenvalue weighted by Gasteiger charge is 2.30. The lowest BCUT2D eigenvalue weighted by molar-refractivity contribution is -0.139. The Morgan fingerprint density at radius 2 is 2.20 bits per heavy atom. The molecule has 0 bridgehead atoms. The summed E-state index contributed by atoms with van der Waals surface area (Å²) in [6.07, 6.45) is 5.59. The minimum atomic E-state index is -0.825. The molecule has 104 valence electrons. The molecule has 1 atom stereocenters. The first-order valence-electron chi connectivity index (χ1n) is 6.40. The Balaban J connectivity index is 2.17. The van der Waals surface area contributed by atoms with E-state index in [2.05, 4.69) is 11.2 Å². The molecule has 0 aromatic heterocycles. The first-order chi connectivity index (χ1) is 9.63. The number of carbonyl (C=O) groups is 2. The minimum absolute atomic E-state index is 0.161. The van der Waals surface area contributed by atoms with Gasteiger partial charge in [0.2, 0.25) is 5.91 Å². The number of carboxylic acid groups (broad SMARTS) is 1. The van der Waals surface area contributed by atoms with E-state index in [4.69, 9.17) is 6.42 Å². The molecule has 1 aromatic carbocycles. The summed E-state index contributed by atoms with van der Waals surface area (Å²) >= 11 is 0. The van der Waals surface area contributed by atoms with Crippen molar-refractivity contribution in [2.45, 2.75) is 12.3 Å². The number of carboxylic acids is 1. The van der Waals surface area contributed by atoms with Crippen molar-refractivity contribution in [1.29, 1.82) is 0 Å². The molecule has 1 heterocycles. The van der Waals surface area contributed by atoms with Crippen molar-refractivity contribution in [1.82, 2.24) is 5.32 Å². The zero-order chi connectivity index (χ0) is 14.5. The smallest absolute Gasteiger partial charge is 0.311 e. The Labute approximate surface area is 117 Å². The van der Waals surface area contributed by atoms with Crippen molar-refractivity contribution < 1.29 is 14.7 Å². The van der Waals surface area contributed by atoms with Crippen LogP contribution in [0.3, 0.4) is 0 Å². The molecule has 1 aliphatic heterocycles. The zero-order valence-corrected chi connectivity index (χ0v) is 11.0. The molecule has 0 fully saturated rings. The van der Waals surface area contributed by atoms with Crippen LogP contribution < -0.4 is 10.2 Å². The van der Waals surface area contributed by atoms with Crippen LogP contribution in [-0.2, 0) is 9.59 Å². The Hall–Kier alpha value is -2.48. The molecule has 2 N–H and O–H groups in total. The van der Waals surface area contributed by atoms with Gasteiger partial charge in [-0.3, -0.25) is 9.59 Å². The van der Waals surface area contributed by atoms with Gasteiger partial charge in [-0.1, -0.05) is 24.1 Å². The first-order valence-corrected chi connectivity index (χ1v) is 6.40. The van der Waals surface area contributed by atoms with E-state index in [0.29, 0.717) is 13.0 Å². The van der Waals surface area contributed by atoms with E-state index in [0.717, 1.165) is 11.3 Å². The topological polar surface area (TPSA) is 69.6 Å². The Morgan fingerprint density at radius 1 is 1.45 bits per heavy atom. The number of carbonyl (C=O) groups excluding carboxylic acids is 1. The van der Waals surface area contributed by atoms with Gasteiger partial charge in [0.25, 0.3) is 0 Å². The maximum atomic E-state index is 11.7. The van der Waals surface area contributed by atoms with E-state index in [9.17, 15) is 14.7 Å². The molecular weight excluding hydrogens is 256 g/mol. The summed E-state index contributed by atoms with van der Waals surface area (Å²) < 4.78 is 0. The maximum absolute atomic E-state index is 11.7. The van der Waals surface area contributed by atoms with Gasteiger partial charge in [0.1, 0.15) is 0 Å². The normalized spacial score (nSPS) is 16.9. The number of aliphatic carboxylic acids is 1. The van der Waals surface area contributed by atoms with E-state index in [-0.39, 0.29) is 19.0 Å². The second-order valence-corrected chi connectivity index (χ2v) is 4.64. The number of anilines is 1. The van der Waals surface area contributed by atoms with E-state index in [1.165, 1.54) is 0 Å². The Bertz CT molecular complexity index is 562. The number of nitrogens with zero attached hydrogens (tertiary/aromatic N) is 1. The lowest BCUT2D eigenvalue weighted by atomic mass is 9.90. The van der Waals surface area contributed by atoms with Gasteiger partial charge >= 0.3 is 5.97 Å². The monoisotopic (exact) mass is 272 g/mol. The third-order valence-corrected chi connectivity index (χ3v) is 3.36. The van der Waals surface area contributed by atoms with Crippen molar-refractivity contribution in [3.63, 3.8) is 0 Å². The number of nitrogens with one attached hydrogen (secondary N) is 1. The number of rotatable bonds is 4. The number of benzene rings is 1. The van der Waals surface area contributed by atoms with Crippen molar-refractivity contribution >= 4 is 17.6 Å². The van der Waals surface area contributed by atoms with Crippen molar-refractivity contribution in [2.75, 3.05) is 24.5 Å². The number of hydrogen-bond acceptors (Lipinski definition) is 3. The average molecular weight is 272 g/mol. The molecule has 0 aliphatic carbocycles. The predicted octanol–water partition coefficient (Wildman–Crippen LogP) is 0.814. The zero-order valence-electron chi connectivity index (χ0n) is 11.0. The first kappa shape index (κ1) is 13.9. The molecule has 5 heteroatoms. The van der Waals surface area contributed by atoms with Gasteiger partial charge in [0.05, 0.1) is 19.0 Å². The Kier molecular flexibility index (Phi) is 4.26. The van der Waals surface area contributed by atoms with Gasteiger partial charge < -0.3 is 15.3 Å². The van der Waals surface area contributed by atoms with Crippen LogP contribution in [0.1, 0.15) is 17.9 Å². The minimum Gasteiger partial charge on any atom is -0.481 e. The van der Waals surface area contributed by atoms with Crippen LogP contribution in [0.4, 0.5) is 5.69 Å². The fourth-order valence-corrected chi connectivity index (χ4v) is 2.43. The number of fused-ring (bicyclic) bond motifs is 1. The second kappa shape index (κ2) is 6.11. The van der Waals surface area contributed by atoms with Crippen LogP contribution in [0.5, 0.6) is 0 Å².